The van der Waals surface area contributed by atoms with Crippen molar-refractivity contribution in [2.24, 2.45) is 0 Å². The minimum Gasteiger partial charge on any atom is -0.324 e. The maximum atomic E-state index is 11.9. The van der Waals surface area contributed by atoms with Gasteiger partial charge in [0.25, 0.3) is 0 Å². The number of hydrogen-bond donors (Lipinski definition) is 1. The molecule has 2 aromatic carbocycles. The molecular weight excluding hydrogens is 370 g/mol. The lowest BCUT2D eigenvalue weighted by molar-refractivity contribution is -0.113. The number of halogens is 2. The van der Waals surface area contributed by atoms with E-state index >= 15 is 0 Å². The van der Waals surface area contributed by atoms with Gasteiger partial charge in [-0.3, -0.25) is 4.79 Å². The van der Waals surface area contributed by atoms with Crippen LogP contribution in [0.2, 0.25) is 5.02 Å². The highest BCUT2D eigenvalue weighted by Crippen LogP contribution is 2.24. The Morgan fingerprint density at radius 1 is 1.29 bits per heavy atom. The van der Waals surface area contributed by atoms with Gasteiger partial charge in [-0.15, -0.1) is 11.8 Å². The van der Waals surface area contributed by atoms with Crippen LogP contribution in [0.25, 0.3) is 0 Å². The summed E-state index contributed by atoms with van der Waals surface area (Å²) in [5.74, 6) is 1.10. The molecular formula is C16H15BrClNOS. The maximum Gasteiger partial charge on any atom is 0.234 e. The molecule has 2 nitrogen and oxygen atoms in total. The Balaban J connectivity index is 1.84. The summed E-state index contributed by atoms with van der Waals surface area (Å²) in [4.78, 5) is 11.9. The highest BCUT2D eigenvalue weighted by Gasteiger charge is 2.07. The summed E-state index contributed by atoms with van der Waals surface area (Å²) in [5, 5.41) is 3.64. The van der Waals surface area contributed by atoms with Gasteiger partial charge in [0.2, 0.25) is 5.91 Å². The van der Waals surface area contributed by atoms with E-state index < -0.39 is 0 Å². The highest BCUT2D eigenvalue weighted by atomic mass is 79.9. The van der Waals surface area contributed by atoms with Crippen LogP contribution in [0.1, 0.15) is 11.1 Å². The first-order valence-corrected chi connectivity index (χ1v) is 8.76. The Morgan fingerprint density at radius 3 is 2.76 bits per heavy atom. The number of carbonyl (C=O) groups is 1. The number of carbonyl (C=O) groups excluding carboxylic acids is 1. The predicted molar refractivity (Wildman–Crippen MR) is 95.1 cm³/mol. The Hall–Kier alpha value is -0.970. The van der Waals surface area contributed by atoms with Gasteiger partial charge in [-0.25, -0.2) is 0 Å². The van der Waals surface area contributed by atoms with Crippen molar-refractivity contribution in [2.45, 2.75) is 12.7 Å². The normalized spacial score (nSPS) is 10.4. The SMILES string of the molecule is Cc1ccc(NC(=O)CSCc2ccccc2Cl)c(Br)c1. The van der Waals surface area contributed by atoms with Crippen molar-refractivity contribution >= 4 is 50.9 Å². The van der Waals surface area contributed by atoms with E-state index in [1.807, 2.05) is 49.4 Å². The van der Waals surface area contributed by atoms with Gasteiger partial charge in [0.05, 0.1) is 11.4 Å². The van der Waals surface area contributed by atoms with Crippen molar-refractivity contribution in [2.75, 3.05) is 11.1 Å². The molecule has 0 radical (unpaired) electrons. The molecule has 0 aromatic heterocycles. The number of nitrogens with one attached hydrogen (secondary N) is 1. The lowest BCUT2D eigenvalue weighted by atomic mass is 10.2. The van der Waals surface area contributed by atoms with E-state index in [0.717, 1.165) is 32.1 Å². The molecule has 0 aliphatic heterocycles. The smallest absolute Gasteiger partial charge is 0.234 e. The summed E-state index contributed by atoms with van der Waals surface area (Å²) in [6, 6.07) is 13.5. The number of thioether (sulfide) groups is 1. The van der Waals surface area contributed by atoms with Crippen LogP contribution in [0, 0.1) is 6.92 Å². The fourth-order valence-corrected chi connectivity index (χ4v) is 3.48. The maximum absolute atomic E-state index is 11.9. The second kappa shape index (κ2) is 7.87. The van der Waals surface area contributed by atoms with Crippen molar-refractivity contribution in [1.29, 1.82) is 0 Å². The van der Waals surface area contributed by atoms with Crippen LogP contribution in [0.3, 0.4) is 0 Å². The highest BCUT2D eigenvalue weighted by molar-refractivity contribution is 9.10. The molecule has 0 bridgehead atoms. The Morgan fingerprint density at radius 2 is 2.05 bits per heavy atom. The summed E-state index contributed by atoms with van der Waals surface area (Å²) in [6.45, 7) is 2.01. The van der Waals surface area contributed by atoms with Crippen LogP contribution < -0.4 is 5.32 Å². The van der Waals surface area contributed by atoms with Gasteiger partial charge >= 0.3 is 0 Å². The van der Waals surface area contributed by atoms with Crippen molar-refractivity contribution in [3.8, 4) is 0 Å². The molecule has 2 rings (SSSR count). The second-order valence-corrected chi connectivity index (χ2v) is 6.86. The van der Waals surface area contributed by atoms with Crippen molar-refractivity contribution in [1.82, 2.24) is 0 Å². The summed E-state index contributed by atoms with van der Waals surface area (Å²) in [5.41, 5.74) is 2.99. The third-order valence-electron chi connectivity index (χ3n) is 2.85. The fraction of sp³-hybridized carbons (Fsp3) is 0.188. The molecule has 110 valence electrons. The summed E-state index contributed by atoms with van der Waals surface area (Å²) in [6.07, 6.45) is 0. The van der Waals surface area contributed by atoms with Gasteiger partial charge < -0.3 is 5.32 Å². The first kappa shape index (κ1) is 16.4. The van der Waals surface area contributed by atoms with Crippen LogP contribution in [0.5, 0.6) is 0 Å². The molecule has 0 saturated heterocycles. The molecule has 0 heterocycles. The lowest BCUT2D eigenvalue weighted by Crippen LogP contribution is -2.14. The van der Waals surface area contributed by atoms with E-state index in [-0.39, 0.29) is 5.91 Å². The van der Waals surface area contributed by atoms with E-state index in [2.05, 4.69) is 21.2 Å². The van der Waals surface area contributed by atoms with E-state index in [1.165, 1.54) is 0 Å². The van der Waals surface area contributed by atoms with Gasteiger partial charge in [0.15, 0.2) is 0 Å². The third kappa shape index (κ3) is 5.06. The molecule has 1 N–H and O–H groups in total. The van der Waals surface area contributed by atoms with E-state index in [0.29, 0.717) is 5.75 Å². The van der Waals surface area contributed by atoms with Gasteiger partial charge in [0.1, 0.15) is 0 Å². The number of anilines is 1. The van der Waals surface area contributed by atoms with E-state index in [9.17, 15) is 4.79 Å². The molecule has 0 aliphatic rings. The van der Waals surface area contributed by atoms with E-state index in [4.69, 9.17) is 11.6 Å². The molecule has 5 heteroatoms. The zero-order valence-electron chi connectivity index (χ0n) is 11.5. The summed E-state index contributed by atoms with van der Waals surface area (Å²) >= 11 is 11.1. The van der Waals surface area contributed by atoms with E-state index in [1.54, 1.807) is 11.8 Å². The molecule has 0 aliphatic carbocycles. The first-order chi connectivity index (χ1) is 10.1. The molecule has 0 fully saturated rings. The number of aryl methyl sites for hydroxylation is 1. The van der Waals surface area contributed by atoms with Gasteiger partial charge in [-0.05, 0) is 52.2 Å². The van der Waals surface area contributed by atoms with Crippen LogP contribution in [0.15, 0.2) is 46.9 Å². The standard InChI is InChI=1S/C16H15BrClNOS/c1-11-6-7-15(13(17)8-11)19-16(20)10-21-9-12-4-2-3-5-14(12)18/h2-8H,9-10H2,1H3,(H,19,20). The monoisotopic (exact) mass is 383 g/mol. The van der Waals surface area contributed by atoms with Crippen LogP contribution in [-0.4, -0.2) is 11.7 Å². The predicted octanol–water partition coefficient (Wildman–Crippen LogP) is 5.28. The van der Waals surface area contributed by atoms with Crippen LogP contribution in [-0.2, 0) is 10.5 Å². The average molecular weight is 385 g/mol. The zero-order chi connectivity index (χ0) is 15.2. The Labute approximate surface area is 142 Å². The molecule has 0 saturated carbocycles. The minimum absolute atomic E-state index is 0.0170. The molecule has 1 amide bonds. The van der Waals surface area contributed by atoms with Gasteiger partial charge in [-0.1, -0.05) is 35.9 Å². The summed E-state index contributed by atoms with van der Waals surface area (Å²) in [7, 11) is 0. The number of hydrogen-bond acceptors (Lipinski definition) is 2. The second-order valence-electron chi connectivity index (χ2n) is 4.62. The van der Waals surface area contributed by atoms with Crippen LogP contribution >= 0.6 is 39.3 Å². The molecule has 21 heavy (non-hydrogen) atoms. The van der Waals surface area contributed by atoms with Gasteiger partial charge in [0, 0.05) is 15.2 Å². The Kier molecular flexibility index (Phi) is 6.15. The zero-order valence-corrected chi connectivity index (χ0v) is 14.7. The Bertz CT molecular complexity index is 648. The van der Waals surface area contributed by atoms with Gasteiger partial charge in [-0.2, -0.15) is 0 Å². The fourth-order valence-electron chi connectivity index (χ4n) is 1.78. The largest absolute Gasteiger partial charge is 0.324 e. The first-order valence-electron chi connectivity index (χ1n) is 6.43. The lowest BCUT2D eigenvalue weighted by Gasteiger charge is -2.08. The number of rotatable bonds is 5. The third-order valence-corrected chi connectivity index (χ3v) is 4.85. The quantitative estimate of drug-likeness (QED) is 0.759. The topological polar surface area (TPSA) is 29.1 Å². The number of benzene rings is 2. The van der Waals surface area contributed by atoms with Crippen molar-refractivity contribution in [3.05, 3.63) is 63.1 Å². The van der Waals surface area contributed by atoms with Crippen molar-refractivity contribution in [3.63, 3.8) is 0 Å². The van der Waals surface area contributed by atoms with Crippen molar-refractivity contribution < 1.29 is 4.79 Å². The molecule has 0 atom stereocenters. The van der Waals surface area contributed by atoms with Crippen LogP contribution in [0.4, 0.5) is 5.69 Å². The minimum atomic E-state index is -0.0170. The summed E-state index contributed by atoms with van der Waals surface area (Å²) < 4.78 is 0.895. The average Bonchev–Trinajstić information content (AvgIpc) is 2.44. The number of amides is 1. The molecule has 0 unspecified atom stereocenters. The molecule has 2 aromatic rings. The molecule has 0 spiro atoms.